The molecule has 4 rings (SSSR count). The fourth-order valence-electron chi connectivity index (χ4n) is 4.42. The van der Waals surface area contributed by atoms with E-state index in [1.807, 2.05) is 47.4 Å². The number of phenolic OH excluding ortho intramolecular Hbond substituents is 1. The normalized spacial score (nSPS) is 19.3. The second kappa shape index (κ2) is 8.70. The van der Waals surface area contributed by atoms with Crippen LogP contribution in [-0.2, 0) is 6.54 Å². The zero-order chi connectivity index (χ0) is 20.2. The van der Waals surface area contributed by atoms with Crippen molar-refractivity contribution < 1.29 is 9.90 Å². The molecule has 29 heavy (non-hydrogen) atoms. The van der Waals surface area contributed by atoms with Crippen LogP contribution in [-0.4, -0.2) is 39.5 Å². The number of hydrogen-bond acceptors (Lipinski definition) is 3. The lowest BCUT2D eigenvalue weighted by Crippen LogP contribution is -2.46. The van der Waals surface area contributed by atoms with Crippen LogP contribution in [0.4, 0.5) is 0 Å². The van der Waals surface area contributed by atoms with Crippen molar-refractivity contribution in [3.05, 3.63) is 65.9 Å². The van der Waals surface area contributed by atoms with Gasteiger partial charge in [0.1, 0.15) is 11.4 Å². The Morgan fingerprint density at radius 2 is 1.97 bits per heavy atom. The van der Waals surface area contributed by atoms with Crippen molar-refractivity contribution in [1.29, 1.82) is 0 Å². The molecule has 2 aromatic carbocycles. The monoisotopic (exact) mass is 391 g/mol. The fraction of sp³-hybridized carbons (Fsp3) is 0.375. The number of aromatic hydroxyl groups is 1. The Balaban J connectivity index is 1.41. The highest BCUT2D eigenvalue weighted by Crippen LogP contribution is 2.26. The summed E-state index contributed by atoms with van der Waals surface area (Å²) in [5.41, 5.74) is 2.84. The van der Waals surface area contributed by atoms with E-state index in [4.69, 9.17) is 0 Å². The number of hydrogen-bond donors (Lipinski definition) is 3. The van der Waals surface area contributed by atoms with Gasteiger partial charge in [-0.1, -0.05) is 30.3 Å². The maximum Gasteiger partial charge on any atom is 0.270 e. The van der Waals surface area contributed by atoms with E-state index in [1.165, 1.54) is 0 Å². The number of nitrogens with zero attached hydrogens (tertiary/aromatic N) is 1. The number of carbonyl (C=O) groups excluding carboxylic acids is 1. The van der Waals surface area contributed by atoms with Crippen LogP contribution in [0.5, 0.6) is 5.75 Å². The van der Waals surface area contributed by atoms with E-state index in [2.05, 4.69) is 17.2 Å². The maximum atomic E-state index is 13.2. The molecule has 1 heterocycles. The number of aromatic amines is 1. The Bertz CT molecular complexity index is 931. The summed E-state index contributed by atoms with van der Waals surface area (Å²) >= 11 is 0. The molecule has 1 saturated carbocycles. The van der Waals surface area contributed by atoms with Crippen molar-refractivity contribution in [3.63, 3.8) is 0 Å². The summed E-state index contributed by atoms with van der Waals surface area (Å²) in [4.78, 5) is 18.5. The van der Waals surface area contributed by atoms with Crippen LogP contribution < -0.4 is 5.32 Å². The van der Waals surface area contributed by atoms with Gasteiger partial charge in [-0.3, -0.25) is 4.79 Å². The molecule has 2 atom stereocenters. The van der Waals surface area contributed by atoms with Crippen molar-refractivity contribution in [2.75, 3.05) is 6.54 Å². The lowest BCUT2D eigenvalue weighted by Gasteiger charge is -2.37. The molecule has 1 aromatic heterocycles. The Kier molecular flexibility index (Phi) is 5.86. The van der Waals surface area contributed by atoms with E-state index in [9.17, 15) is 9.90 Å². The molecule has 5 heteroatoms. The van der Waals surface area contributed by atoms with Crippen molar-refractivity contribution >= 4 is 16.8 Å². The van der Waals surface area contributed by atoms with Crippen molar-refractivity contribution in [1.82, 2.24) is 15.2 Å². The minimum atomic E-state index is 0.0906. The average Bonchev–Trinajstić information content (AvgIpc) is 3.18. The summed E-state index contributed by atoms with van der Waals surface area (Å²) in [6.45, 7) is 3.55. The van der Waals surface area contributed by atoms with Crippen LogP contribution in [0.3, 0.4) is 0 Å². The molecule has 1 amide bonds. The summed E-state index contributed by atoms with van der Waals surface area (Å²) in [6, 6.07) is 18.0. The fourth-order valence-corrected chi connectivity index (χ4v) is 4.42. The minimum Gasteiger partial charge on any atom is -0.508 e. The molecule has 152 valence electrons. The zero-order valence-electron chi connectivity index (χ0n) is 16.9. The van der Waals surface area contributed by atoms with Crippen LogP contribution >= 0.6 is 0 Å². The van der Waals surface area contributed by atoms with Gasteiger partial charge in [-0.2, -0.15) is 0 Å². The number of phenols is 1. The van der Waals surface area contributed by atoms with Crippen molar-refractivity contribution in [2.45, 2.75) is 51.2 Å². The SMILES string of the molecule is CCN(C(=O)c1cc2ccccc2[nH]1)[C@H]1CCC[C@@H](NCc2ccc(O)cc2)C1. The Hall–Kier alpha value is -2.79. The van der Waals surface area contributed by atoms with Gasteiger partial charge in [-0.05, 0) is 62.4 Å². The number of carbonyl (C=O) groups is 1. The molecular weight excluding hydrogens is 362 g/mol. The second-order valence-electron chi connectivity index (χ2n) is 7.93. The topological polar surface area (TPSA) is 68.4 Å². The Morgan fingerprint density at radius 1 is 1.17 bits per heavy atom. The van der Waals surface area contributed by atoms with Gasteiger partial charge in [0.25, 0.3) is 5.91 Å². The lowest BCUT2D eigenvalue weighted by molar-refractivity contribution is 0.0623. The highest BCUT2D eigenvalue weighted by molar-refractivity contribution is 5.98. The number of para-hydroxylation sites is 1. The number of H-pyrrole nitrogens is 1. The molecule has 1 fully saturated rings. The smallest absolute Gasteiger partial charge is 0.270 e. The first-order valence-electron chi connectivity index (χ1n) is 10.5. The van der Waals surface area contributed by atoms with Crippen molar-refractivity contribution in [2.24, 2.45) is 0 Å². The third kappa shape index (κ3) is 4.46. The number of amides is 1. The van der Waals surface area contributed by atoms with E-state index in [-0.39, 0.29) is 11.9 Å². The molecule has 0 saturated heterocycles. The van der Waals surface area contributed by atoms with E-state index >= 15 is 0 Å². The molecule has 0 unspecified atom stereocenters. The summed E-state index contributed by atoms with van der Waals surface area (Å²) in [5, 5.41) is 14.1. The molecule has 1 aliphatic carbocycles. The molecule has 3 N–H and O–H groups in total. The standard InChI is InChI=1S/C24H29N3O2/c1-2-27(24(29)23-14-18-6-3-4-9-22(18)26-23)20-8-5-7-19(15-20)25-16-17-10-12-21(28)13-11-17/h3-4,6,9-14,19-20,25-26,28H,2,5,7-8,15-16H2,1H3/t19-,20+/m1/s1. The van der Waals surface area contributed by atoms with Gasteiger partial charge in [0.2, 0.25) is 0 Å². The predicted octanol–water partition coefficient (Wildman–Crippen LogP) is 4.44. The first-order valence-corrected chi connectivity index (χ1v) is 10.5. The summed E-state index contributed by atoms with van der Waals surface area (Å²) in [6.07, 6.45) is 4.27. The van der Waals surface area contributed by atoms with E-state index in [0.29, 0.717) is 24.0 Å². The molecule has 1 aliphatic rings. The van der Waals surface area contributed by atoms with Gasteiger partial charge in [0.15, 0.2) is 0 Å². The molecular formula is C24H29N3O2. The maximum absolute atomic E-state index is 13.2. The van der Waals surface area contributed by atoms with E-state index < -0.39 is 0 Å². The largest absolute Gasteiger partial charge is 0.508 e. The van der Waals surface area contributed by atoms with Gasteiger partial charge >= 0.3 is 0 Å². The quantitative estimate of drug-likeness (QED) is 0.582. The van der Waals surface area contributed by atoms with Gasteiger partial charge in [-0.25, -0.2) is 0 Å². The lowest BCUT2D eigenvalue weighted by atomic mass is 9.89. The molecule has 0 spiro atoms. The first kappa shape index (κ1) is 19.5. The van der Waals surface area contributed by atoms with E-state index in [1.54, 1.807) is 12.1 Å². The first-order chi connectivity index (χ1) is 14.1. The number of benzene rings is 2. The molecule has 0 bridgehead atoms. The molecule has 0 radical (unpaired) electrons. The summed E-state index contributed by atoms with van der Waals surface area (Å²) < 4.78 is 0. The molecule has 5 nitrogen and oxygen atoms in total. The summed E-state index contributed by atoms with van der Waals surface area (Å²) in [7, 11) is 0. The van der Waals surface area contributed by atoms with Gasteiger partial charge in [-0.15, -0.1) is 0 Å². The predicted molar refractivity (Wildman–Crippen MR) is 116 cm³/mol. The second-order valence-corrected chi connectivity index (χ2v) is 7.93. The minimum absolute atomic E-state index is 0.0906. The van der Waals surface area contributed by atoms with Crippen LogP contribution in [0.25, 0.3) is 10.9 Å². The molecule has 3 aromatic rings. The van der Waals surface area contributed by atoms with E-state index in [0.717, 1.165) is 48.7 Å². The third-order valence-electron chi connectivity index (χ3n) is 5.98. The number of nitrogens with one attached hydrogen (secondary N) is 2. The zero-order valence-corrected chi connectivity index (χ0v) is 16.9. The van der Waals surface area contributed by atoms with Crippen molar-refractivity contribution in [3.8, 4) is 5.75 Å². The Morgan fingerprint density at radius 3 is 2.72 bits per heavy atom. The average molecular weight is 392 g/mol. The number of aromatic nitrogens is 1. The number of fused-ring (bicyclic) bond motifs is 1. The van der Waals surface area contributed by atoms with Crippen LogP contribution in [0.1, 0.15) is 48.7 Å². The summed E-state index contributed by atoms with van der Waals surface area (Å²) in [5.74, 6) is 0.383. The number of rotatable bonds is 6. The van der Waals surface area contributed by atoms with Crippen LogP contribution in [0.15, 0.2) is 54.6 Å². The molecule has 0 aliphatic heterocycles. The highest BCUT2D eigenvalue weighted by Gasteiger charge is 2.29. The Labute approximate surface area is 171 Å². The van der Waals surface area contributed by atoms with Gasteiger partial charge in [0, 0.05) is 36.1 Å². The highest BCUT2D eigenvalue weighted by atomic mass is 16.3. The van der Waals surface area contributed by atoms with Gasteiger partial charge in [0.05, 0.1) is 0 Å². The third-order valence-corrected chi connectivity index (χ3v) is 5.98. The van der Waals surface area contributed by atoms with Gasteiger partial charge < -0.3 is 20.3 Å². The van der Waals surface area contributed by atoms with Crippen LogP contribution in [0.2, 0.25) is 0 Å². The van der Waals surface area contributed by atoms with Crippen LogP contribution in [0, 0.1) is 0 Å².